The summed E-state index contributed by atoms with van der Waals surface area (Å²) in [6.07, 6.45) is 1.16. The second-order valence-corrected chi connectivity index (χ2v) is 4.15. The average Bonchev–Trinajstić information content (AvgIpc) is 2.35. The quantitative estimate of drug-likeness (QED) is 0.653. The topological polar surface area (TPSA) is 26.0 Å². The van der Waals surface area contributed by atoms with E-state index in [2.05, 4.69) is 24.4 Å². The molecule has 2 rings (SSSR count). The van der Waals surface area contributed by atoms with Gasteiger partial charge in [-0.1, -0.05) is 13.0 Å². The molecular weight excluding hydrogens is 142 g/mol. The van der Waals surface area contributed by atoms with E-state index in [-0.39, 0.29) is 0 Å². The maximum absolute atomic E-state index is 5.80. The largest absolute Gasteiger partial charge is 0.327 e. The highest BCUT2D eigenvalue weighted by Gasteiger charge is 2.49. The van der Waals surface area contributed by atoms with E-state index in [9.17, 15) is 0 Å². The third-order valence-corrected chi connectivity index (χ3v) is 3.54. The van der Waals surface area contributed by atoms with Crippen LogP contribution >= 0.6 is 11.3 Å². The monoisotopic (exact) mass is 153 g/mol. The molecule has 0 radical (unpaired) electrons. The molecule has 10 heavy (non-hydrogen) atoms. The number of thiophene rings is 1. The fourth-order valence-electron chi connectivity index (χ4n) is 1.28. The summed E-state index contributed by atoms with van der Waals surface area (Å²) in [7, 11) is 0. The van der Waals surface area contributed by atoms with Gasteiger partial charge < -0.3 is 5.73 Å². The van der Waals surface area contributed by atoms with Crippen LogP contribution < -0.4 is 5.73 Å². The SMILES string of the molecule is C[C@]1(c2cccs2)C[C@@H]1N. The zero-order valence-corrected chi connectivity index (χ0v) is 6.82. The van der Waals surface area contributed by atoms with Crippen LogP contribution in [0.15, 0.2) is 17.5 Å². The number of hydrogen-bond acceptors (Lipinski definition) is 2. The summed E-state index contributed by atoms with van der Waals surface area (Å²) in [6.45, 7) is 2.24. The molecule has 1 aliphatic rings. The smallest absolute Gasteiger partial charge is 0.0185 e. The highest BCUT2D eigenvalue weighted by Crippen LogP contribution is 2.47. The van der Waals surface area contributed by atoms with Gasteiger partial charge in [0.1, 0.15) is 0 Å². The van der Waals surface area contributed by atoms with Crippen molar-refractivity contribution < 1.29 is 0 Å². The number of hydrogen-bond donors (Lipinski definition) is 1. The van der Waals surface area contributed by atoms with Gasteiger partial charge in [0.2, 0.25) is 0 Å². The lowest BCUT2D eigenvalue weighted by Crippen LogP contribution is -2.12. The van der Waals surface area contributed by atoms with E-state index in [0.29, 0.717) is 11.5 Å². The Labute approximate surface area is 64.9 Å². The molecule has 1 heterocycles. The lowest BCUT2D eigenvalue weighted by atomic mass is 10.1. The van der Waals surface area contributed by atoms with Crippen LogP contribution in [0.25, 0.3) is 0 Å². The molecule has 0 amide bonds. The molecule has 1 aromatic rings. The van der Waals surface area contributed by atoms with Crippen LogP contribution in [0.4, 0.5) is 0 Å². The molecule has 1 fully saturated rings. The molecule has 0 aromatic carbocycles. The first-order valence-electron chi connectivity index (χ1n) is 3.53. The molecule has 54 valence electrons. The van der Waals surface area contributed by atoms with Crippen molar-refractivity contribution in [3.8, 4) is 0 Å². The Balaban J connectivity index is 2.30. The van der Waals surface area contributed by atoms with Crippen LogP contribution in [0.2, 0.25) is 0 Å². The summed E-state index contributed by atoms with van der Waals surface area (Å²) in [5.74, 6) is 0. The summed E-state index contributed by atoms with van der Waals surface area (Å²) in [6, 6.07) is 4.68. The van der Waals surface area contributed by atoms with Crippen molar-refractivity contribution >= 4 is 11.3 Å². The summed E-state index contributed by atoms with van der Waals surface area (Å²) in [5.41, 5.74) is 6.13. The van der Waals surface area contributed by atoms with Gasteiger partial charge >= 0.3 is 0 Å². The predicted molar refractivity (Wildman–Crippen MR) is 44.3 cm³/mol. The van der Waals surface area contributed by atoms with Crippen LogP contribution in [0.1, 0.15) is 18.2 Å². The van der Waals surface area contributed by atoms with E-state index < -0.39 is 0 Å². The number of rotatable bonds is 1. The summed E-state index contributed by atoms with van der Waals surface area (Å²) in [4.78, 5) is 1.44. The molecule has 1 nitrogen and oxygen atoms in total. The maximum Gasteiger partial charge on any atom is 0.0185 e. The zero-order chi connectivity index (χ0) is 7.19. The Morgan fingerprint density at radius 2 is 2.50 bits per heavy atom. The van der Waals surface area contributed by atoms with Crippen molar-refractivity contribution in [2.45, 2.75) is 24.8 Å². The van der Waals surface area contributed by atoms with Gasteiger partial charge in [-0.15, -0.1) is 11.3 Å². The fraction of sp³-hybridized carbons (Fsp3) is 0.500. The van der Waals surface area contributed by atoms with E-state index in [1.807, 2.05) is 11.3 Å². The van der Waals surface area contributed by atoms with E-state index in [0.717, 1.165) is 6.42 Å². The van der Waals surface area contributed by atoms with Gasteiger partial charge in [-0.2, -0.15) is 0 Å². The molecule has 2 heteroatoms. The van der Waals surface area contributed by atoms with Gasteiger partial charge in [-0.3, -0.25) is 0 Å². The lowest BCUT2D eigenvalue weighted by molar-refractivity contribution is 0.758. The fourth-order valence-corrected chi connectivity index (χ4v) is 2.25. The van der Waals surface area contributed by atoms with Crippen LogP contribution in [0, 0.1) is 0 Å². The Morgan fingerprint density at radius 3 is 2.90 bits per heavy atom. The van der Waals surface area contributed by atoms with Gasteiger partial charge in [0.25, 0.3) is 0 Å². The standard InChI is InChI=1S/C8H11NS/c1-8(5-6(8)9)7-3-2-4-10-7/h2-4,6H,5,9H2,1H3/t6-,8-/m0/s1. The summed E-state index contributed by atoms with van der Waals surface area (Å²) in [5, 5.41) is 2.12. The second-order valence-electron chi connectivity index (χ2n) is 3.21. The minimum absolute atomic E-state index is 0.328. The van der Waals surface area contributed by atoms with Gasteiger partial charge in [-0.05, 0) is 17.9 Å². The van der Waals surface area contributed by atoms with Crippen molar-refractivity contribution in [2.75, 3.05) is 0 Å². The minimum Gasteiger partial charge on any atom is -0.327 e. The highest BCUT2D eigenvalue weighted by molar-refractivity contribution is 7.10. The van der Waals surface area contributed by atoms with Crippen LogP contribution in [-0.2, 0) is 5.41 Å². The molecule has 1 aliphatic carbocycles. The summed E-state index contributed by atoms with van der Waals surface area (Å²) >= 11 is 1.82. The third-order valence-electron chi connectivity index (χ3n) is 2.39. The van der Waals surface area contributed by atoms with E-state index in [1.165, 1.54) is 4.88 Å². The van der Waals surface area contributed by atoms with Gasteiger partial charge in [0, 0.05) is 16.3 Å². The number of nitrogens with two attached hydrogens (primary N) is 1. The lowest BCUT2D eigenvalue weighted by Gasteiger charge is -2.03. The summed E-state index contributed by atoms with van der Waals surface area (Å²) < 4.78 is 0. The van der Waals surface area contributed by atoms with Crippen molar-refractivity contribution in [2.24, 2.45) is 5.73 Å². The predicted octanol–water partition coefficient (Wildman–Crippen LogP) is 1.74. The Hall–Kier alpha value is -0.340. The van der Waals surface area contributed by atoms with Crippen LogP contribution in [-0.4, -0.2) is 6.04 Å². The first kappa shape index (κ1) is 6.38. The molecule has 2 atom stereocenters. The molecule has 0 bridgehead atoms. The van der Waals surface area contributed by atoms with E-state index in [1.54, 1.807) is 0 Å². The molecule has 1 saturated carbocycles. The maximum atomic E-state index is 5.80. The van der Waals surface area contributed by atoms with Crippen molar-refractivity contribution in [3.63, 3.8) is 0 Å². The van der Waals surface area contributed by atoms with Crippen LogP contribution in [0.3, 0.4) is 0 Å². The molecule has 0 saturated heterocycles. The first-order valence-corrected chi connectivity index (χ1v) is 4.41. The Kier molecular flexibility index (Phi) is 1.17. The van der Waals surface area contributed by atoms with E-state index in [4.69, 9.17) is 5.73 Å². The van der Waals surface area contributed by atoms with Crippen LogP contribution in [0.5, 0.6) is 0 Å². The third kappa shape index (κ3) is 0.724. The van der Waals surface area contributed by atoms with Gasteiger partial charge in [0.05, 0.1) is 0 Å². The second kappa shape index (κ2) is 1.83. The molecule has 2 N–H and O–H groups in total. The van der Waals surface area contributed by atoms with Gasteiger partial charge in [-0.25, -0.2) is 0 Å². The molecule has 0 spiro atoms. The normalized spacial score (nSPS) is 38.0. The molecule has 0 aliphatic heterocycles. The molecular formula is C8H11NS. The van der Waals surface area contributed by atoms with E-state index >= 15 is 0 Å². The Bertz CT molecular complexity index is 229. The van der Waals surface area contributed by atoms with Crippen molar-refractivity contribution in [1.82, 2.24) is 0 Å². The highest BCUT2D eigenvalue weighted by atomic mass is 32.1. The Morgan fingerprint density at radius 1 is 1.80 bits per heavy atom. The zero-order valence-electron chi connectivity index (χ0n) is 6.00. The molecule has 1 aromatic heterocycles. The molecule has 0 unspecified atom stereocenters. The minimum atomic E-state index is 0.328. The average molecular weight is 153 g/mol. The van der Waals surface area contributed by atoms with Gasteiger partial charge in [0.15, 0.2) is 0 Å². The first-order chi connectivity index (χ1) is 4.73. The van der Waals surface area contributed by atoms with Crippen molar-refractivity contribution in [3.05, 3.63) is 22.4 Å². The van der Waals surface area contributed by atoms with Crippen molar-refractivity contribution in [1.29, 1.82) is 0 Å².